The van der Waals surface area contributed by atoms with Crippen LogP contribution in [0.1, 0.15) is 27.7 Å². The highest BCUT2D eigenvalue weighted by atomic mass is 16.6. The summed E-state index contributed by atoms with van der Waals surface area (Å²) in [5.74, 6) is -2.46. The highest BCUT2D eigenvalue weighted by Gasteiger charge is 2.40. The molecule has 0 rings (SSSR count). The number of carbonyl (C=O) groups excluding carboxylic acids is 4. The number of rotatable bonds is 11. The van der Waals surface area contributed by atoms with Crippen molar-refractivity contribution in [2.75, 3.05) is 27.4 Å². The minimum Gasteiger partial charge on any atom is -0.463 e. The van der Waals surface area contributed by atoms with Gasteiger partial charge in [0.25, 0.3) is 0 Å². The van der Waals surface area contributed by atoms with Gasteiger partial charge in [-0.25, -0.2) is 0 Å². The van der Waals surface area contributed by atoms with Gasteiger partial charge in [0, 0.05) is 41.9 Å². The molecule has 0 unspecified atom stereocenters. The molecule has 10 nitrogen and oxygen atoms in total. The van der Waals surface area contributed by atoms with Crippen molar-refractivity contribution in [3.8, 4) is 0 Å². The lowest BCUT2D eigenvalue weighted by atomic mass is 10.0. The zero-order valence-electron chi connectivity index (χ0n) is 15.8. The molecule has 0 heterocycles. The molecule has 4 atom stereocenters. The van der Waals surface area contributed by atoms with Crippen molar-refractivity contribution in [1.82, 2.24) is 0 Å². The first kappa shape index (κ1) is 23.8. The van der Waals surface area contributed by atoms with Gasteiger partial charge in [0.05, 0.1) is 0 Å². The van der Waals surface area contributed by atoms with E-state index in [0.717, 1.165) is 0 Å². The fraction of sp³-hybridized carbons (Fsp3) is 0.750. The molecule has 26 heavy (non-hydrogen) atoms. The molecule has 0 saturated heterocycles. The molecule has 0 aromatic rings. The van der Waals surface area contributed by atoms with Crippen molar-refractivity contribution in [2.45, 2.75) is 52.1 Å². The van der Waals surface area contributed by atoms with Crippen LogP contribution in [0, 0.1) is 0 Å². The van der Waals surface area contributed by atoms with Crippen molar-refractivity contribution in [2.24, 2.45) is 0 Å². The van der Waals surface area contributed by atoms with Gasteiger partial charge in [-0.05, 0) is 0 Å². The van der Waals surface area contributed by atoms with Crippen molar-refractivity contribution < 1.29 is 47.6 Å². The molecule has 0 bridgehead atoms. The Kier molecular flexibility index (Phi) is 11.2. The van der Waals surface area contributed by atoms with Crippen molar-refractivity contribution in [3.63, 3.8) is 0 Å². The molecule has 0 aliphatic carbocycles. The second kappa shape index (κ2) is 12.2. The molecule has 10 heteroatoms. The van der Waals surface area contributed by atoms with E-state index in [-0.39, 0.29) is 13.2 Å². The number of esters is 4. The van der Waals surface area contributed by atoms with Crippen molar-refractivity contribution in [3.05, 3.63) is 0 Å². The molecule has 0 fully saturated rings. The SMILES string of the molecule is CO[C@@H]([C@H](OC(C)=O)[C@@H](COC(C)=O)OC)[C@@H](COC(C)=O)OC(C)=O. The predicted octanol–water partition coefficient (Wildman–Crippen LogP) is 0.00600. The molecule has 0 aromatic carbocycles. The van der Waals surface area contributed by atoms with Gasteiger partial charge in [0.2, 0.25) is 0 Å². The first-order chi connectivity index (χ1) is 12.1. The summed E-state index contributed by atoms with van der Waals surface area (Å²) in [5, 5.41) is 0. The Morgan fingerprint density at radius 3 is 1.42 bits per heavy atom. The number of hydrogen-bond donors (Lipinski definition) is 0. The van der Waals surface area contributed by atoms with Crippen molar-refractivity contribution >= 4 is 23.9 Å². The molecular formula is C16H26O10. The summed E-state index contributed by atoms with van der Waals surface area (Å²) in [5.41, 5.74) is 0. The molecule has 0 saturated carbocycles. The fourth-order valence-electron chi connectivity index (χ4n) is 2.15. The van der Waals surface area contributed by atoms with Crippen LogP contribution in [-0.4, -0.2) is 75.7 Å². The van der Waals surface area contributed by atoms with Gasteiger partial charge >= 0.3 is 23.9 Å². The fourth-order valence-corrected chi connectivity index (χ4v) is 2.15. The summed E-state index contributed by atoms with van der Waals surface area (Å²) in [4.78, 5) is 45.1. The molecule has 0 aliphatic heterocycles. The van der Waals surface area contributed by atoms with Gasteiger partial charge in [-0.3, -0.25) is 19.2 Å². The van der Waals surface area contributed by atoms with Crippen LogP contribution in [0.25, 0.3) is 0 Å². The van der Waals surface area contributed by atoms with E-state index in [0.29, 0.717) is 0 Å². The average molecular weight is 378 g/mol. The largest absolute Gasteiger partial charge is 0.463 e. The maximum atomic E-state index is 11.5. The topological polar surface area (TPSA) is 124 Å². The molecular weight excluding hydrogens is 352 g/mol. The first-order valence-corrected chi connectivity index (χ1v) is 7.79. The third-order valence-corrected chi connectivity index (χ3v) is 3.15. The predicted molar refractivity (Wildman–Crippen MR) is 86.0 cm³/mol. The second-order valence-corrected chi connectivity index (χ2v) is 5.30. The Balaban J connectivity index is 5.59. The van der Waals surface area contributed by atoms with E-state index in [1.807, 2.05) is 0 Å². The minimum atomic E-state index is -1.11. The number of carbonyl (C=O) groups is 4. The average Bonchev–Trinajstić information content (AvgIpc) is 2.52. The van der Waals surface area contributed by atoms with E-state index < -0.39 is 48.3 Å². The van der Waals surface area contributed by atoms with Crippen LogP contribution in [0.2, 0.25) is 0 Å². The monoisotopic (exact) mass is 378 g/mol. The van der Waals surface area contributed by atoms with Gasteiger partial charge in [0.1, 0.15) is 25.4 Å². The summed E-state index contributed by atoms with van der Waals surface area (Å²) < 4.78 is 30.8. The normalized spacial score (nSPS) is 15.2. The molecule has 0 N–H and O–H groups in total. The third kappa shape index (κ3) is 9.33. The van der Waals surface area contributed by atoms with Gasteiger partial charge in [-0.2, -0.15) is 0 Å². The summed E-state index contributed by atoms with van der Waals surface area (Å²) in [6.07, 6.45) is -4.16. The summed E-state index contributed by atoms with van der Waals surface area (Å²) in [6.45, 7) is 4.18. The Morgan fingerprint density at radius 1 is 0.615 bits per heavy atom. The lowest BCUT2D eigenvalue weighted by Gasteiger charge is -2.34. The highest BCUT2D eigenvalue weighted by molar-refractivity contribution is 5.67. The lowest BCUT2D eigenvalue weighted by molar-refractivity contribution is -0.196. The van der Waals surface area contributed by atoms with Crippen LogP contribution in [0.5, 0.6) is 0 Å². The van der Waals surface area contributed by atoms with Crippen LogP contribution < -0.4 is 0 Å². The Bertz CT molecular complexity index is 489. The smallest absolute Gasteiger partial charge is 0.303 e. The van der Waals surface area contributed by atoms with E-state index in [2.05, 4.69) is 0 Å². The van der Waals surface area contributed by atoms with Crippen molar-refractivity contribution in [1.29, 1.82) is 0 Å². The van der Waals surface area contributed by atoms with E-state index in [9.17, 15) is 19.2 Å². The Labute approximate surface area is 152 Å². The van der Waals surface area contributed by atoms with Crippen LogP contribution in [0.4, 0.5) is 0 Å². The zero-order chi connectivity index (χ0) is 20.3. The van der Waals surface area contributed by atoms with Gasteiger partial charge in [-0.15, -0.1) is 0 Å². The van der Waals surface area contributed by atoms with Gasteiger partial charge in [-0.1, -0.05) is 0 Å². The van der Waals surface area contributed by atoms with E-state index in [4.69, 9.17) is 28.4 Å². The van der Waals surface area contributed by atoms with Crippen LogP contribution >= 0.6 is 0 Å². The van der Waals surface area contributed by atoms with E-state index in [1.165, 1.54) is 41.9 Å². The van der Waals surface area contributed by atoms with Crippen LogP contribution in [-0.2, 0) is 47.6 Å². The summed E-state index contributed by atoms with van der Waals surface area (Å²) in [6, 6.07) is 0. The lowest BCUT2D eigenvalue weighted by Crippen LogP contribution is -2.52. The third-order valence-electron chi connectivity index (χ3n) is 3.15. The molecule has 0 radical (unpaired) electrons. The van der Waals surface area contributed by atoms with E-state index >= 15 is 0 Å². The highest BCUT2D eigenvalue weighted by Crippen LogP contribution is 2.19. The number of methoxy groups -OCH3 is 2. The van der Waals surface area contributed by atoms with Gasteiger partial charge in [0.15, 0.2) is 12.2 Å². The first-order valence-electron chi connectivity index (χ1n) is 7.79. The summed E-state index contributed by atoms with van der Waals surface area (Å²) >= 11 is 0. The maximum absolute atomic E-state index is 11.5. The molecule has 0 aliphatic rings. The number of hydrogen-bond acceptors (Lipinski definition) is 10. The van der Waals surface area contributed by atoms with Crippen LogP contribution in [0.15, 0.2) is 0 Å². The molecule has 0 spiro atoms. The maximum Gasteiger partial charge on any atom is 0.303 e. The molecule has 0 aromatic heterocycles. The van der Waals surface area contributed by atoms with Crippen LogP contribution in [0.3, 0.4) is 0 Å². The quantitative estimate of drug-likeness (QED) is 0.358. The molecule has 0 amide bonds. The van der Waals surface area contributed by atoms with E-state index in [1.54, 1.807) is 0 Å². The Morgan fingerprint density at radius 2 is 1.08 bits per heavy atom. The summed E-state index contributed by atoms with van der Waals surface area (Å²) in [7, 11) is 2.62. The Hall–Kier alpha value is -2.20. The minimum absolute atomic E-state index is 0.232. The molecule has 150 valence electrons. The zero-order valence-corrected chi connectivity index (χ0v) is 15.8. The second-order valence-electron chi connectivity index (χ2n) is 5.30. The number of ether oxygens (including phenoxy) is 6. The standard InChI is InChI=1S/C16H26O10/c1-9(17)23-7-13(21-5)16(26-12(4)20)15(22-6)14(25-11(3)19)8-24-10(2)18/h13-16H,7-8H2,1-6H3/t13-,14-,15-,16-/m1/s1. The van der Waals surface area contributed by atoms with Gasteiger partial charge < -0.3 is 28.4 Å².